The summed E-state index contributed by atoms with van der Waals surface area (Å²) in [6.07, 6.45) is 0. The number of hydrogen-bond acceptors (Lipinski definition) is 12. The molecule has 16 bridgehead atoms. The summed E-state index contributed by atoms with van der Waals surface area (Å²) in [4.78, 5) is 73.5. The van der Waals surface area contributed by atoms with E-state index in [1.807, 2.05) is 194 Å². The average Bonchev–Trinajstić information content (AvgIpc) is 4.53. The zero-order valence-electron chi connectivity index (χ0n) is 42.4. The van der Waals surface area contributed by atoms with Crippen LogP contribution < -0.4 is 0 Å². The molecule has 6 aromatic heterocycles. The molecule has 0 amide bonds. The molecule has 372 valence electrons. The summed E-state index contributed by atoms with van der Waals surface area (Å²) in [5.41, 5.74) is 12.9. The minimum Gasteiger partial charge on any atom is -0.324 e. The zero-order valence-corrected chi connectivity index (χ0v) is 45.3. The molecule has 0 radical (unpaired) electrons. The van der Waals surface area contributed by atoms with Crippen molar-refractivity contribution in [2.75, 3.05) is 0 Å². The number of fused-ring (bicyclic) bond motifs is 40. The SMILES string of the molecule is [Y+3].c1ccc2c(c1)-c1nc-2nc2[nH]c(nc3nc(nc4[nH]c(n1)c1ccccc41)-c1ccccc1-3)c1ccccc21.c1ccc2c(c1)-c1nc-2nc2[nH]c(nc3nc(nc4[nH]c(n1)c1ccccc41)-c1ccccc1-3)c1ccccc21. The first-order chi connectivity index (χ1) is 39.6. The van der Waals surface area contributed by atoms with Crippen LogP contribution in [0.3, 0.4) is 0 Å². The van der Waals surface area contributed by atoms with Gasteiger partial charge in [-0.05, 0) is 0 Å². The molecule has 0 unspecified atom stereocenters. The standard InChI is InChI=1S/2C32H18N8.Y/c2*1-2-10-18-17(9-1)25-33-26(18)38-28-21-13-5-6-14-22(21)30(35-28)40-32-24-16-8-7-15-23(24)31(36-32)39-29-20-12-4-3-11-19(20)27(34-29)37-25;/h2*1-16H,(H2,33,34,35,36,37,38,39,40);/q;;+3. The summed E-state index contributed by atoms with van der Waals surface area (Å²) >= 11 is 0. The number of hydrogen-bond donors (Lipinski definition) is 4. The van der Waals surface area contributed by atoms with E-state index in [0.29, 0.717) is 91.8 Å². The number of H-pyrrole nitrogens is 4. The summed E-state index contributed by atoms with van der Waals surface area (Å²) < 4.78 is 0. The normalized spacial score (nSPS) is 11.9. The van der Waals surface area contributed by atoms with Crippen LogP contribution in [0.1, 0.15) is 0 Å². The number of aromatic nitrogens is 16. The number of aromatic amines is 4. The van der Waals surface area contributed by atoms with Crippen LogP contribution in [0.25, 0.3) is 179 Å². The predicted molar refractivity (Wildman–Crippen MR) is 312 cm³/mol. The molecule has 14 aromatic rings. The van der Waals surface area contributed by atoms with Gasteiger partial charge in [-0.3, -0.25) is 0 Å². The molecule has 0 aliphatic carbocycles. The Bertz CT molecular complexity index is 4390. The van der Waals surface area contributed by atoms with E-state index in [-0.39, 0.29) is 32.7 Å². The molecule has 8 aromatic carbocycles. The largest absolute Gasteiger partial charge is 3.00 e. The number of nitrogens with zero attached hydrogens (tertiary/aromatic N) is 12. The second kappa shape index (κ2) is 18.3. The van der Waals surface area contributed by atoms with Crippen LogP contribution in [-0.4, -0.2) is 79.7 Å². The summed E-state index contributed by atoms with van der Waals surface area (Å²) in [6, 6.07) is 64.5. The topological polar surface area (TPSA) is 218 Å². The summed E-state index contributed by atoms with van der Waals surface area (Å²) in [6.45, 7) is 0. The van der Waals surface area contributed by atoms with E-state index in [9.17, 15) is 0 Å². The van der Waals surface area contributed by atoms with Crippen molar-refractivity contribution in [1.82, 2.24) is 79.7 Å². The van der Waals surface area contributed by atoms with E-state index in [1.165, 1.54) is 0 Å². The molecule has 0 saturated carbocycles. The van der Waals surface area contributed by atoms with Gasteiger partial charge in [0.2, 0.25) is 0 Å². The Morgan fingerprint density at radius 2 is 0.284 bits per heavy atom. The Morgan fingerprint density at radius 1 is 0.160 bits per heavy atom. The number of rotatable bonds is 0. The molecule has 17 heteroatoms. The van der Waals surface area contributed by atoms with Gasteiger partial charge in [0, 0.05) is 87.6 Å². The van der Waals surface area contributed by atoms with E-state index in [2.05, 4.69) is 19.9 Å². The predicted octanol–water partition coefficient (Wildman–Crippen LogP) is 13.7. The van der Waals surface area contributed by atoms with Crippen LogP contribution >= 0.6 is 0 Å². The Labute approximate surface area is 482 Å². The van der Waals surface area contributed by atoms with Gasteiger partial charge in [0.05, 0.1) is 0 Å². The zero-order chi connectivity index (χ0) is 52.4. The fourth-order valence-corrected chi connectivity index (χ4v) is 11.2. The van der Waals surface area contributed by atoms with Gasteiger partial charge < -0.3 is 19.9 Å². The van der Waals surface area contributed by atoms with Crippen LogP contribution in [-0.2, 0) is 32.7 Å². The van der Waals surface area contributed by atoms with Gasteiger partial charge >= 0.3 is 32.7 Å². The van der Waals surface area contributed by atoms with Crippen molar-refractivity contribution in [2.45, 2.75) is 0 Å². The molecule has 0 atom stereocenters. The van der Waals surface area contributed by atoms with Gasteiger partial charge in [-0.2, -0.15) is 0 Å². The van der Waals surface area contributed by atoms with Crippen LogP contribution in [0.15, 0.2) is 194 Å². The van der Waals surface area contributed by atoms with Crippen LogP contribution in [0.2, 0.25) is 0 Å². The third-order valence-electron chi connectivity index (χ3n) is 14.9. The monoisotopic (exact) mass is 1120 g/mol. The van der Waals surface area contributed by atoms with Gasteiger partial charge in [0.1, 0.15) is 45.2 Å². The molecule has 4 aliphatic heterocycles. The smallest absolute Gasteiger partial charge is 0.324 e. The summed E-state index contributed by atoms with van der Waals surface area (Å²) in [5, 5.41) is 7.64. The molecular weight excluding hydrogens is 1080 g/mol. The molecule has 18 rings (SSSR count). The number of benzene rings is 8. The van der Waals surface area contributed by atoms with E-state index in [4.69, 9.17) is 59.8 Å². The van der Waals surface area contributed by atoms with E-state index < -0.39 is 0 Å². The van der Waals surface area contributed by atoms with Gasteiger partial charge in [0.25, 0.3) is 0 Å². The van der Waals surface area contributed by atoms with Gasteiger partial charge in [-0.15, -0.1) is 0 Å². The second-order valence-electron chi connectivity index (χ2n) is 19.6. The molecule has 0 fully saturated rings. The first-order valence-electron chi connectivity index (χ1n) is 26.0. The summed E-state index contributed by atoms with van der Waals surface area (Å²) in [7, 11) is 0. The minimum atomic E-state index is 0. The van der Waals surface area contributed by atoms with Gasteiger partial charge in [0.15, 0.2) is 46.6 Å². The number of nitrogens with one attached hydrogen (secondary N) is 4. The van der Waals surface area contributed by atoms with Gasteiger partial charge in [-0.25, -0.2) is 59.8 Å². The molecule has 0 spiro atoms. The first-order valence-corrected chi connectivity index (χ1v) is 26.0. The fourth-order valence-electron chi connectivity index (χ4n) is 11.2. The van der Waals surface area contributed by atoms with E-state index in [0.717, 1.165) is 87.6 Å². The average molecular weight is 1120 g/mol. The van der Waals surface area contributed by atoms with Crippen LogP contribution in [0.4, 0.5) is 0 Å². The Kier molecular flexibility index (Phi) is 10.6. The summed E-state index contributed by atoms with van der Waals surface area (Å²) in [5.74, 6) is 4.78. The molecule has 0 saturated heterocycles. The molecular formula is C64H36N16Y+3. The molecule has 16 nitrogen and oxygen atoms in total. The van der Waals surface area contributed by atoms with Crippen molar-refractivity contribution < 1.29 is 32.7 Å². The second-order valence-corrected chi connectivity index (χ2v) is 19.6. The molecule has 10 heterocycles. The maximum atomic E-state index is 5.02. The van der Waals surface area contributed by atoms with E-state index >= 15 is 0 Å². The fraction of sp³-hybridized carbons (Fsp3) is 0. The van der Waals surface area contributed by atoms with Crippen molar-refractivity contribution in [3.63, 3.8) is 0 Å². The van der Waals surface area contributed by atoms with Crippen molar-refractivity contribution >= 4 is 88.3 Å². The third-order valence-corrected chi connectivity index (χ3v) is 14.9. The van der Waals surface area contributed by atoms with E-state index in [1.54, 1.807) is 0 Å². The molecule has 4 aliphatic rings. The molecule has 4 N–H and O–H groups in total. The van der Waals surface area contributed by atoms with Crippen LogP contribution in [0.5, 0.6) is 0 Å². The minimum absolute atomic E-state index is 0. The maximum Gasteiger partial charge on any atom is 3.00 e. The Hall–Kier alpha value is -10.4. The first kappa shape index (κ1) is 46.7. The maximum absolute atomic E-state index is 5.02. The molecule has 81 heavy (non-hydrogen) atoms. The van der Waals surface area contributed by atoms with Crippen molar-refractivity contribution in [3.8, 4) is 91.1 Å². The Balaban J connectivity index is 0.000000132. The van der Waals surface area contributed by atoms with Crippen LogP contribution in [0, 0.1) is 0 Å². The van der Waals surface area contributed by atoms with Crippen molar-refractivity contribution in [3.05, 3.63) is 194 Å². The third kappa shape index (κ3) is 7.52. The Morgan fingerprint density at radius 3 is 0.420 bits per heavy atom. The quantitative estimate of drug-likeness (QED) is 0.111. The van der Waals surface area contributed by atoms with Crippen molar-refractivity contribution in [2.24, 2.45) is 0 Å². The van der Waals surface area contributed by atoms with Crippen molar-refractivity contribution in [1.29, 1.82) is 0 Å². The van der Waals surface area contributed by atoms with Gasteiger partial charge in [-0.1, -0.05) is 194 Å².